The van der Waals surface area contributed by atoms with Crippen LogP contribution in [-0.4, -0.2) is 66.3 Å². The van der Waals surface area contributed by atoms with Crippen LogP contribution in [0.4, 0.5) is 0 Å². The van der Waals surface area contributed by atoms with Crippen molar-refractivity contribution in [1.82, 2.24) is 19.2 Å². The van der Waals surface area contributed by atoms with Crippen molar-refractivity contribution >= 4 is 37.5 Å². The Labute approximate surface area is 197 Å². The van der Waals surface area contributed by atoms with E-state index in [9.17, 15) is 13.2 Å². The molecular weight excluding hydrogens is 460 g/mol. The number of benzene rings is 1. The fourth-order valence-electron chi connectivity index (χ4n) is 4.50. The minimum atomic E-state index is -3.55. The lowest BCUT2D eigenvalue weighted by Crippen LogP contribution is -2.51. The predicted octanol–water partition coefficient (Wildman–Crippen LogP) is 2.73. The number of piperazine rings is 1. The monoisotopic (exact) mass is 486 g/mol. The zero-order chi connectivity index (χ0) is 23.0. The van der Waals surface area contributed by atoms with Crippen LogP contribution >= 0.6 is 11.3 Å². The highest BCUT2D eigenvalue weighted by Crippen LogP contribution is 2.40. The Balaban J connectivity index is 1.23. The van der Waals surface area contributed by atoms with Crippen LogP contribution in [0.25, 0.3) is 10.2 Å². The highest BCUT2D eigenvalue weighted by molar-refractivity contribution is 7.89. The topological polar surface area (TPSA) is 92.7 Å². The molecule has 0 radical (unpaired) electrons. The van der Waals surface area contributed by atoms with Gasteiger partial charge in [0, 0.05) is 31.1 Å². The first-order valence-corrected chi connectivity index (χ1v) is 13.4. The molecule has 1 aliphatic heterocycles. The second-order valence-corrected chi connectivity index (χ2v) is 11.6. The van der Waals surface area contributed by atoms with E-state index in [4.69, 9.17) is 4.74 Å². The van der Waals surface area contributed by atoms with Crippen LogP contribution in [-0.2, 0) is 27.7 Å². The van der Waals surface area contributed by atoms with Crippen molar-refractivity contribution in [3.8, 4) is 5.88 Å². The van der Waals surface area contributed by atoms with E-state index in [2.05, 4.69) is 16.9 Å². The number of sulfonamides is 1. The summed E-state index contributed by atoms with van der Waals surface area (Å²) in [7, 11) is -3.55. The molecule has 1 amide bonds. The van der Waals surface area contributed by atoms with E-state index in [0.29, 0.717) is 24.9 Å². The number of hydrogen-bond donors (Lipinski definition) is 0. The molecular formula is C23H26N4O4S2. The quantitative estimate of drug-likeness (QED) is 0.551. The van der Waals surface area contributed by atoms with Crippen LogP contribution in [0, 0.1) is 5.92 Å². The Hall–Kier alpha value is -2.56. The van der Waals surface area contributed by atoms with Crippen molar-refractivity contribution in [1.29, 1.82) is 0 Å². The van der Waals surface area contributed by atoms with Crippen LogP contribution in [0.2, 0.25) is 0 Å². The average Bonchev–Trinajstić information content (AvgIpc) is 3.21. The summed E-state index contributed by atoms with van der Waals surface area (Å²) in [5.74, 6) is 0.954. The molecule has 2 aliphatic rings. The van der Waals surface area contributed by atoms with Gasteiger partial charge in [0.05, 0.1) is 10.3 Å². The standard InChI is InChI=1S/C23H26N4O4S2/c1-16-7-8-18-19(13-16)32-23-21(18)22(24-15-25-23)31-14-20(28)26-9-11-27(12-10-26)33(29,30)17-5-3-2-4-6-17/h2-6,15-16H,7-14H2,1H3. The molecule has 174 valence electrons. The van der Waals surface area contributed by atoms with Crippen LogP contribution in [0.15, 0.2) is 41.6 Å². The van der Waals surface area contributed by atoms with Gasteiger partial charge in [-0.15, -0.1) is 11.3 Å². The maximum absolute atomic E-state index is 12.8. The number of ether oxygens (including phenoxy) is 1. The van der Waals surface area contributed by atoms with Gasteiger partial charge < -0.3 is 9.64 Å². The third-order valence-corrected chi connectivity index (χ3v) is 9.44. The second-order valence-electron chi connectivity index (χ2n) is 8.60. The van der Waals surface area contributed by atoms with Crippen molar-refractivity contribution in [2.75, 3.05) is 32.8 Å². The van der Waals surface area contributed by atoms with Gasteiger partial charge in [-0.2, -0.15) is 4.31 Å². The van der Waals surface area contributed by atoms with Gasteiger partial charge >= 0.3 is 0 Å². The highest BCUT2D eigenvalue weighted by atomic mass is 32.2. The molecule has 1 saturated heterocycles. The SMILES string of the molecule is CC1CCc2c(sc3ncnc(OCC(=O)N4CCN(S(=O)(=O)c5ccccc5)CC4)c23)C1. The van der Waals surface area contributed by atoms with Gasteiger partial charge in [0.2, 0.25) is 15.9 Å². The number of aryl methyl sites for hydroxylation is 1. The molecule has 0 bridgehead atoms. The van der Waals surface area contributed by atoms with Gasteiger partial charge in [-0.1, -0.05) is 25.1 Å². The summed E-state index contributed by atoms with van der Waals surface area (Å²) >= 11 is 1.69. The number of aromatic nitrogens is 2. The normalized spacial score (nSPS) is 19.4. The third-order valence-electron chi connectivity index (χ3n) is 6.36. The lowest BCUT2D eigenvalue weighted by molar-refractivity contribution is -0.134. The molecule has 33 heavy (non-hydrogen) atoms. The number of hydrogen-bond acceptors (Lipinski definition) is 7. The third kappa shape index (κ3) is 4.34. The van der Waals surface area contributed by atoms with E-state index < -0.39 is 10.0 Å². The fourth-order valence-corrected chi connectivity index (χ4v) is 7.28. The molecule has 10 heteroatoms. The minimum Gasteiger partial charge on any atom is -0.467 e. The molecule has 5 rings (SSSR count). The molecule has 8 nitrogen and oxygen atoms in total. The molecule has 2 aromatic heterocycles. The number of rotatable bonds is 5. The Kier molecular flexibility index (Phi) is 6.07. The largest absolute Gasteiger partial charge is 0.467 e. The van der Waals surface area contributed by atoms with E-state index in [1.165, 1.54) is 21.1 Å². The van der Waals surface area contributed by atoms with Gasteiger partial charge in [-0.25, -0.2) is 18.4 Å². The smallest absolute Gasteiger partial charge is 0.260 e. The van der Waals surface area contributed by atoms with Crippen molar-refractivity contribution in [2.24, 2.45) is 5.92 Å². The van der Waals surface area contributed by atoms with E-state index in [1.807, 2.05) is 0 Å². The van der Waals surface area contributed by atoms with Gasteiger partial charge in [-0.3, -0.25) is 4.79 Å². The summed E-state index contributed by atoms with van der Waals surface area (Å²) in [4.78, 5) is 25.7. The molecule has 1 aromatic carbocycles. The molecule has 1 atom stereocenters. The summed E-state index contributed by atoms with van der Waals surface area (Å²) in [6.07, 6.45) is 4.64. The molecule has 3 heterocycles. The van der Waals surface area contributed by atoms with Gasteiger partial charge in [0.15, 0.2) is 6.61 Å². The molecule has 0 N–H and O–H groups in total. The van der Waals surface area contributed by atoms with Crippen molar-refractivity contribution in [3.05, 3.63) is 47.1 Å². The van der Waals surface area contributed by atoms with Crippen molar-refractivity contribution in [3.63, 3.8) is 0 Å². The highest BCUT2D eigenvalue weighted by Gasteiger charge is 2.30. The van der Waals surface area contributed by atoms with E-state index in [1.54, 1.807) is 46.6 Å². The van der Waals surface area contributed by atoms with E-state index >= 15 is 0 Å². The molecule has 1 fully saturated rings. The van der Waals surface area contributed by atoms with E-state index in [-0.39, 0.29) is 30.5 Å². The first-order valence-electron chi connectivity index (χ1n) is 11.1. The molecule has 0 saturated carbocycles. The zero-order valence-corrected chi connectivity index (χ0v) is 20.1. The summed E-state index contributed by atoms with van der Waals surface area (Å²) in [6.45, 7) is 3.32. The van der Waals surface area contributed by atoms with Crippen LogP contribution < -0.4 is 4.74 Å². The number of carbonyl (C=O) groups is 1. The molecule has 0 spiro atoms. The maximum atomic E-state index is 12.8. The minimum absolute atomic E-state index is 0.126. The van der Waals surface area contributed by atoms with Gasteiger partial charge in [-0.05, 0) is 42.9 Å². The van der Waals surface area contributed by atoms with Crippen LogP contribution in [0.5, 0.6) is 5.88 Å². The lowest BCUT2D eigenvalue weighted by atomic mass is 9.89. The number of amides is 1. The first-order chi connectivity index (χ1) is 15.9. The Morgan fingerprint density at radius 2 is 1.91 bits per heavy atom. The Morgan fingerprint density at radius 1 is 1.15 bits per heavy atom. The lowest BCUT2D eigenvalue weighted by Gasteiger charge is -2.33. The van der Waals surface area contributed by atoms with Crippen LogP contribution in [0.3, 0.4) is 0 Å². The maximum Gasteiger partial charge on any atom is 0.260 e. The molecule has 1 aliphatic carbocycles. The summed E-state index contributed by atoms with van der Waals surface area (Å²) < 4.78 is 32.9. The number of nitrogens with zero attached hydrogens (tertiary/aromatic N) is 4. The number of fused-ring (bicyclic) bond motifs is 3. The zero-order valence-electron chi connectivity index (χ0n) is 18.4. The van der Waals surface area contributed by atoms with Gasteiger partial charge in [0.1, 0.15) is 11.2 Å². The Bertz CT molecular complexity index is 1270. The summed E-state index contributed by atoms with van der Waals surface area (Å²) in [5.41, 5.74) is 1.26. The predicted molar refractivity (Wildman–Crippen MR) is 126 cm³/mol. The van der Waals surface area contributed by atoms with Crippen molar-refractivity contribution in [2.45, 2.75) is 31.1 Å². The molecule has 3 aromatic rings. The second kappa shape index (κ2) is 9.00. The summed E-state index contributed by atoms with van der Waals surface area (Å²) in [6, 6.07) is 8.38. The van der Waals surface area contributed by atoms with Crippen LogP contribution in [0.1, 0.15) is 23.8 Å². The van der Waals surface area contributed by atoms with Crippen molar-refractivity contribution < 1.29 is 17.9 Å². The summed E-state index contributed by atoms with van der Waals surface area (Å²) in [5, 5.41) is 0.941. The van der Waals surface area contributed by atoms with E-state index in [0.717, 1.165) is 29.5 Å². The number of carbonyl (C=O) groups excluding carboxylic acids is 1. The Morgan fingerprint density at radius 3 is 2.67 bits per heavy atom. The molecule has 1 unspecified atom stereocenters. The van der Waals surface area contributed by atoms with Gasteiger partial charge in [0.25, 0.3) is 5.91 Å². The average molecular weight is 487 g/mol. The fraction of sp³-hybridized carbons (Fsp3) is 0.435. The number of thiophene rings is 1. The first kappa shape index (κ1) is 22.2.